The van der Waals surface area contributed by atoms with Crippen molar-refractivity contribution in [1.82, 2.24) is 10.6 Å². The van der Waals surface area contributed by atoms with Gasteiger partial charge in [-0.1, -0.05) is 36.2 Å². The van der Waals surface area contributed by atoms with Gasteiger partial charge in [-0.05, 0) is 37.5 Å². The third-order valence-electron chi connectivity index (χ3n) is 3.07. The fourth-order valence-corrected chi connectivity index (χ4v) is 2.20. The van der Waals surface area contributed by atoms with Crippen LogP contribution in [0.25, 0.3) is 0 Å². The minimum absolute atomic E-state index is 0.0816. The number of hydrogen-bond donors (Lipinski definition) is 2. The van der Waals surface area contributed by atoms with Gasteiger partial charge in [0.2, 0.25) is 11.8 Å². The first-order valence-electron chi connectivity index (χ1n) is 6.92. The van der Waals surface area contributed by atoms with Crippen molar-refractivity contribution in [2.45, 2.75) is 39.2 Å². The van der Waals surface area contributed by atoms with E-state index >= 15 is 0 Å². The van der Waals surface area contributed by atoms with Gasteiger partial charge in [-0.3, -0.25) is 9.59 Å². The van der Waals surface area contributed by atoms with Gasteiger partial charge >= 0.3 is 0 Å². The predicted molar refractivity (Wildman–Crippen MR) is 85.7 cm³/mol. The molecule has 0 saturated carbocycles. The smallest absolute Gasteiger partial charge is 0.229 e. The van der Waals surface area contributed by atoms with Gasteiger partial charge in [0.15, 0.2) is 0 Å². The fourth-order valence-electron chi connectivity index (χ4n) is 1.70. The van der Waals surface area contributed by atoms with E-state index in [0.29, 0.717) is 23.0 Å². The normalized spacial score (nSPS) is 11.8. The number of halogens is 2. The van der Waals surface area contributed by atoms with Gasteiger partial charge < -0.3 is 10.6 Å². The molecule has 0 spiro atoms. The summed E-state index contributed by atoms with van der Waals surface area (Å²) in [6.45, 7) is 4.30. The van der Waals surface area contributed by atoms with Crippen LogP contribution in [0.4, 0.5) is 0 Å². The Hall–Kier alpha value is -1.26. The summed E-state index contributed by atoms with van der Waals surface area (Å²) >= 11 is 11.9. The SMILES string of the molecule is CCC(C)NC(=O)CC(=O)NCCc1ccc(Cl)cc1Cl. The van der Waals surface area contributed by atoms with Crippen molar-refractivity contribution < 1.29 is 9.59 Å². The van der Waals surface area contributed by atoms with Gasteiger partial charge in [0.25, 0.3) is 0 Å². The highest BCUT2D eigenvalue weighted by atomic mass is 35.5. The molecule has 116 valence electrons. The molecule has 0 radical (unpaired) electrons. The first-order chi connectivity index (χ1) is 9.92. The minimum atomic E-state index is -0.291. The van der Waals surface area contributed by atoms with Crippen LogP contribution in [-0.4, -0.2) is 24.4 Å². The van der Waals surface area contributed by atoms with Gasteiger partial charge in [-0.25, -0.2) is 0 Å². The lowest BCUT2D eigenvalue weighted by atomic mass is 10.1. The van der Waals surface area contributed by atoms with Gasteiger partial charge in [0, 0.05) is 22.6 Å². The number of amides is 2. The van der Waals surface area contributed by atoms with Crippen LogP contribution < -0.4 is 10.6 Å². The van der Waals surface area contributed by atoms with Crippen molar-refractivity contribution in [3.05, 3.63) is 33.8 Å². The summed E-state index contributed by atoms with van der Waals surface area (Å²) in [5.41, 5.74) is 0.908. The zero-order valence-electron chi connectivity index (χ0n) is 12.2. The second-order valence-corrected chi connectivity index (χ2v) is 5.73. The summed E-state index contributed by atoms with van der Waals surface area (Å²) in [5.74, 6) is -0.549. The quantitative estimate of drug-likeness (QED) is 0.755. The molecule has 1 aromatic carbocycles. The van der Waals surface area contributed by atoms with E-state index in [4.69, 9.17) is 23.2 Å². The van der Waals surface area contributed by atoms with Crippen LogP contribution in [0.1, 0.15) is 32.3 Å². The zero-order chi connectivity index (χ0) is 15.8. The fraction of sp³-hybridized carbons (Fsp3) is 0.467. The molecule has 0 saturated heterocycles. The number of benzene rings is 1. The molecule has 6 heteroatoms. The highest BCUT2D eigenvalue weighted by Gasteiger charge is 2.11. The second-order valence-electron chi connectivity index (χ2n) is 4.89. The molecule has 0 aliphatic heterocycles. The standard InChI is InChI=1S/C15H20Cl2N2O2/c1-3-10(2)19-15(21)9-14(20)18-7-6-11-4-5-12(16)8-13(11)17/h4-5,8,10H,3,6-7,9H2,1-2H3,(H,18,20)(H,19,21). The molecule has 0 aromatic heterocycles. The summed E-state index contributed by atoms with van der Waals surface area (Å²) < 4.78 is 0. The lowest BCUT2D eigenvalue weighted by Gasteiger charge is -2.11. The van der Waals surface area contributed by atoms with E-state index in [1.54, 1.807) is 12.1 Å². The van der Waals surface area contributed by atoms with E-state index in [9.17, 15) is 9.59 Å². The van der Waals surface area contributed by atoms with E-state index in [1.165, 1.54) is 0 Å². The van der Waals surface area contributed by atoms with Crippen molar-refractivity contribution in [3.63, 3.8) is 0 Å². The van der Waals surface area contributed by atoms with E-state index in [-0.39, 0.29) is 24.3 Å². The number of hydrogen-bond acceptors (Lipinski definition) is 2. The van der Waals surface area contributed by atoms with Crippen LogP contribution >= 0.6 is 23.2 Å². The molecular formula is C15H20Cl2N2O2. The molecule has 1 aromatic rings. The van der Waals surface area contributed by atoms with E-state index in [2.05, 4.69) is 10.6 Å². The predicted octanol–water partition coefficient (Wildman–Crippen LogP) is 2.96. The van der Waals surface area contributed by atoms with Gasteiger partial charge in [0.05, 0.1) is 0 Å². The Kier molecular flexibility index (Phi) is 7.54. The van der Waals surface area contributed by atoms with Crippen LogP contribution in [0.5, 0.6) is 0 Å². The molecule has 0 bridgehead atoms. The monoisotopic (exact) mass is 330 g/mol. The molecule has 1 atom stereocenters. The van der Waals surface area contributed by atoms with Crippen LogP contribution in [-0.2, 0) is 16.0 Å². The molecule has 0 fully saturated rings. The van der Waals surface area contributed by atoms with Crippen molar-refractivity contribution in [2.24, 2.45) is 0 Å². The highest BCUT2D eigenvalue weighted by Crippen LogP contribution is 2.20. The van der Waals surface area contributed by atoms with E-state index in [0.717, 1.165) is 12.0 Å². The summed E-state index contributed by atoms with van der Waals surface area (Å²) in [6, 6.07) is 5.33. The molecule has 4 nitrogen and oxygen atoms in total. The summed E-state index contributed by atoms with van der Waals surface area (Å²) in [5, 5.41) is 6.61. The van der Waals surface area contributed by atoms with Crippen LogP contribution in [0, 0.1) is 0 Å². The van der Waals surface area contributed by atoms with Gasteiger partial charge in [-0.15, -0.1) is 0 Å². The summed E-state index contributed by atoms with van der Waals surface area (Å²) in [6.07, 6.45) is 1.27. The Labute approximate surface area is 135 Å². The largest absolute Gasteiger partial charge is 0.355 e. The summed E-state index contributed by atoms with van der Waals surface area (Å²) in [7, 11) is 0. The van der Waals surface area contributed by atoms with Crippen LogP contribution in [0.2, 0.25) is 10.0 Å². The third kappa shape index (κ3) is 6.82. The Morgan fingerprint density at radius 2 is 1.95 bits per heavy atom. The molecule has 2 amide bonds. The first kappa shape index (κ1) is 17.8. The van der Waals surface area contributed by atoms with Gasteiger partial charge in [-0.2, -0.15) is 0 Å². The molecule has 21 heavy (non-hydrogen) atoms. The molecule has 2 N–H and O–H groups in total. The Morgan fingerprint density at radius 3 is 2.57 bits per heavy atom. The molecule has 0 aliphatic carbocycles. The van der Waals surface area contributed by atoms with Crippen molar-refractivity contribution >= 4 is 35.0 Å². The molecule has 0 heterocycles. The Balaban J connectivity index is 2.32. The van der Waals surface area contributed by atoms with Crippen molar-refractivity contribution in [3.8, 4) is 0 Å². The maximum absolute atomic E-state index is 11.6. The molecular weight excluding hydrogens is 311 g/mol. The van der Waals surface area contributed by atoms with Crippen molar-refractivity contribution in [1.29, 1.82) is 0 Å². The maximum atomic E-state index is 11.6. The van der Waals surface area contributed by atoms with E-state index < -0.39 is 0 Å². The lowest BCUT2D eigenvalue weighted by molar-refractivity contribution is -0.129. The minimum Gasteiger partial charge on any atom is -0.355 e. The van der Waals surface area contributed by atoms with Crippen LogP contribution in [0.3, 0.4) is 0 Å². The summed E-state index contributed by atoms with van der Waals surface area (Å²) in [4.78, 5) is 23.2. The number of carbonyl (C=O) groups excluding carboxylic acids is 2. The number of carbonyl (C=O) groups is 2. The maximum Gasteiger partial charge on any atom is 0.229 e. The average molecular weight is 331 g/mol. The van der Waals surface area contributed by atoms with E-state index in [1.807, 2.05) is 19.9 Å². The van der Waals surface area contributed by atoms with Crippen LogP contribution in [0.15, 0.2) is 18.2 Å². The number of nitrogens with one attached hydrogen (secondary N) is 2. The zero-order valence-corrected chi connectivity index (χ0v) is 13.7. The Bertz CT molecular complexity index is 506. The first-order valence-corrected chi connectivity index (χ1v) is 7.68. The third-order valence-corrected chi connectivity index (χ3v) is 3.66. The highest BCUT2D eigenvalue weighted by molar-refractivity contribution is 6.35. The topological polar surface area (TPSA) is 58.2 Å². The molecule has 0 aliphatic rings. The number of rotatable bonds is 7. The van der Waals surface area contributed by atoms with Gasteiger partial charge in [0.1, 0.15) is 6.42 Å². The average Bonchev–Trinajstić information content (AvgIpc) is 2.40. The molecule has 1 rings (SSSR count). The second kappa shape index (κ2) is 8.90. The Morgan fingerprint density at radius 1 is 1.24 bits per heavy atom. The van der Waals surface area contributed by atoms with Crippen molar-refractivity contribution in [2.75, 3.05) is 6.54 Å². The molecule has 1 unspecified atom stereocenters. The lowest BCUT2D eigenvalue weighted by Crippen LogP contribution is -2.36.